The minimum absolute atomic E-state index is 0.337. The monoisotopic (exact) mass is 210 g/mol. The average Bonchev–Trinajstić information content (AvgIpc) is 2.71. The Bertz CT molecular complexity index is 229. The molecular formula is C13H26N2. The fourth-order valence-corrected chi connectivity index (χ4v) is 4.00. The summed E-state index contributed by atoms with van der Waals surface area (Å²) < 4.78 is 0. The molecule has 15 heavy (non-hydrogen) atoms. The summed E-state index contributed by atoms with van der Waals surface area (Å²) in [5.41, 5.74) is 6.44. The first-order valence-corrected chi connectivity index (χ1v) is 6.57. The predicted octanol–water partition coefficient (Wildman–Crippen LogP) is 2.23. The van der Waals surface area contributed by atoms with Gasteiger partial charge in [0, 0.05) is 24.7 Å². The van der Waals surface area contributed by atoms with E-state index in [1.54, 1.807) is 0 Å². The summed E-state index contributed by atoms with van der Waals surface area (Å²) in [6.07, 6.45) is 5.42. The highest BCUT2D eigenvalue weighted by atomic mass is 15.3. The van der Waals surface area contributed by atoms with Crippen molar-refractivity contribution in [3.05, 3.63) is 0 Å². The fourth-order valence-electron chi connectivity index (χ4n) is 4.00. The summed E-state index contributed by atoms with van der Waals surface area (Å²) >= 11 is 0. The number of likely N-dealkylation sites (tertiary alicyclic amines) is 1. The van der Waals surface area contributed by atoms with Crippen LogP contribution in [0.5, 0.6) is 0 Å². The van der Waals surface area contributed by atoms with Gasteiger partial charge in [0.15, 0.2) is 0 Å². The van der Waals surface area contributed by atoms with Crippen LogP contribution in [-0.4, -0.2) is 29.6 Å². The van der Waals surface area contributed by atoms with Crippen LogP contribution in [0, 0.1) is 11.8 Å². The van der Waals surface area contributed by atoms with Crippen LogP contribution >= 0.6 is 0 Å². The quantitative estimate of drug-likeness (QED) is 0.757. The van der Waals surface area contributed by atoms with Gasteiger partial charge in [-0.1, -0.05) is 20.3 Å². The molecule has 2 rings (SSSR count). The van der Waals surface area contributed by atoms with Crippen LogP contribution in [0.15, 0.2) is 0 Å². The Kier molecular flexibility index (Phi) is 3.09. The summed E-state index contributed by atoms with van der Waals surface area (Å²) in [6.45, 7) is 9.27. The molecule has 2 fully saturated rings. The number of nitrogens with two attached hydrogens (primary N) is 1. The van der Waals surface area contributed by atoms with Crippen molar-refractivity contribution in [2.24, 2.45) is 17.6 Å². The molecule has 0 radical (unpaired) electrons. The molecule has 1 heterocycles. The van der Waals surface area contributed by atoms with Gasteiger partial charge in [-0.3, -0.25) is 4.90 Å². The molecule has 0 amide bonds. The second kappa shape index (κ2) is 4.06. The lowest BCUT2D eigenvalue weighted by Gasteiger charge is -2.44. The second-order valence-electron chi connectivity index (χ2n) is 5.94. The molecule has 0 aromatic heterocycles. The van der Waals surface area contributed by atoms with E-state index in [1.165, 1.54) is 32.2 Å². The summed E-state index contributed by atoms with van der Waals surface area (Å²) in [5, 5.41) is 0. The van der Waals surface area contributed by atoms with E-state index in [1.807, 2.05) is 0 Å². The van der Waals surface area contributed by atoms with Gasteiger partial charge in [-0.05, 0) is 38.0 Å². The molecule has 1 saturated carbocycles. The topological polar surface area (TPSA) is 29.3 Å². The second-order valence-corrected chi connectivity index (χ2v) is 5.94. The lowest BCUT2D eigenvalue weighted by atomic mass is 9.86. The molecule has 1 aliphatic carbocycles. The summed E-state index contributed by atoms with van der Waals surface area (Å²) in [6, 6.07) is 0.740. The average molecular weight is 210 g/mol. The standard InChI is InChI=1S/C13H26N2/c1-10-7-12(3)15(8-10)13(9-14)6-4-5-11(13)2/h10-12H,4-9,14H2,1-3H3. The van der Waals surface area contributed by atoms with Crippen LogP contribution in [0.25, 0.3) is 0 Å². The highest BCUT2D eigenvalue weighted by molar-refractivity contribution is 5.04. The summed E-state index contributed by atoms with van der Waals surface area (Å²) in [4.78, 5) is 2.73. The first kappa shape index (κ1) is 11.4. The molecule has 2 nitrogen and oxygen atoms in total. The van der Waals surface area contributed by atoms with Crippen molar-refractivity contribution in [3.63, 3.8) is 0 Å². The van der Waals surface area contributed by atoms with E-state index in [0.717, 1.165) is 24.4 Å². The third-order valence-corrected chi connectivity index (χ3v) is 4.87. The molecular weight excluding hydrogens is 184 g/mol. The van der Waals surface area contributed by atoms with Crippen LogP contribution in [0.1, 0.15) is 46.5 Å². The van der Waals surface area contributed by atoms with Crippen LogP contribution in [0.4, 0.5) is 0 Å². The van der Waals surface area contributed by atoms with Crippen LogP contribution < -0.4 is 5.73 Å². The number of rotatable bonds is 2. The van der Waals surface area contributed by atoms with Crippen molar-refractivity contribution >= 4 is 0 Å². The van der Waals surface area contributed by atoms with E-state index in [0.29, 0.717) is 5.54 Å². The van der Waals surface area contributed by atoms with Crippen LogP contribution in [-0.2, 0) is 0 Å². The molecule has 4 unspecified atom stereocenters. The van der Waals surface area contributed by atoms with Gasteiger partial charge < -0.3 is 5.73 Å². The SMILES string of the molecule is CC1CC(C)N(C2(CN)CCCC2C)C1. The van der Waals surface area contributed by atoms with Gasteiger partial charge in [-0.2, -0.15) is 0 Å². The molecule has 2 N–H and O–H groups in total. The van der Waals surface area contributed by atoms with Crippen molar-refractivity contribution in [3.8, 4) is 0 Å². The van der Waals surface area contributed by atoms with Gasteiger partial charge in [0.05, 0.1) is 0 Å². The molecule has 0 aromatic rings. The maximum atomic E-state index is 6.11. The Morgan fingerprint density at radius 3 is 2.47 bits per heavy atom. The van der Waals surface area contributed by atoms with Gasteiger partial charge in [-0.15, -0.1) is 0 Å². The van der Waals surface area contributed by atoms with E-state index < -0.39 is 0 Å². The largest absolute Gasteiger partial charge is 0.329 e. The zero-order valence-electron chi connectivity index (χ0n) is 10.5. The summed E-state index contributed by atoms with van der Waals surface area (Å²) in [5.74, 6) is 1.64. The summed E-state index contributed by atoms with van der Waals surface area (Å²) in [7, 11) is 0. The molecule has 88 valence electrons. The zero-order valence-corrected chi connectivity index (χ0v) is 10.5. The Balaban J connectivity index is 2.19. The Morgan fingerprint density at radius 1 is 1.33 bits per heavy atom. The van der Waals surface area contributed by atoms with E-state index >= 15 is 0 Å². The highest BCUT2D eigenvalue weighted by Gasteiger charge is 2.47. The maximum Gasteiger partial charge on any atom is 0.0360 e. The Morgan fingerprint density at radius 2 is 2.07 bits per heavy atom. The minimum atomic E-state index is 0.337. The maximum absolute atomic E-state index is 6.11. The van der Waals surface area contributed by atoms with E-state index in [2.05, 4.69) is 25.7 Å². The van der Waals surface area contributed by atoms with E-state index in [9.17, 15) is 0 Å². The van der Waals surface area contributed by atoms with Crippen LogP contribution in [0.3, 0.4) is 0 Å². The predicted molar refractivity (Wildman–Crippen MR) is 64.7 cm³/mol. The molecule has 0 bridgehead atoms. The third kappa shape index (κ3) is 1.72. The van der Waals surface area contributed by atoms with Crippen molar-refractivity contribution in [1.82, 2.24) is 4.90 Å². The molecule has 2 aliphatic rings. The lowest BCUT2D eigenvalue weighted by Crippen LogP contribution is -2.56. The number of hydrogen-bond donors (Lipinski definition) is 1. The molecule has 0 spiro atoms. The first-order valence-electron chi connectivity index (χ1n) is 6.57. The van der Waals surface area contributed by atoms with Gasteiger partial charge >= 0.3 is 0 Å². The molecule has 2 heteroatoms. The molecule has 1 saturated heterocycles. The van der Waals surface area contributed by atoms with Crippen molar-refractivity contribution < 1.29 is 0 Å². The van der Waals surface area contributed by atoms with Crippen LogP contribution in [0.2, 0.25) is 0 Å². The zero-order chi connectivity index (χ0) is 11.1. The number of hydrogen-bond acceptors (Lipinski definition) is 2. The van der Waals surface area contributed by atoms with E-state index in [-0.39, 0.29) is 0 Å². The first-order chi connectivity index (χ1) is 7.10. The minimum Gasteiger partial charge on any atom is -0.329 e. The highest BCUT2D eigenvalue weighted by Crippen LogP contribution is 2.43. The van der Waals surface area contributed by atoms with E-state index in [4.69, 9.17) is 5.73 Å². The fraction of sp³-hybridized carbons (Fsp3) is 1.00. The van der Waals surface area contributed by atoms with Gasteiger partial charge in [0.1, 0.15) is 0 Å². The number of nitrogens with zero attached hydrogens (tertiary/aromatic N) is 1. The Labute approximate surface area is 94.2 Å². The third-order valence-electron chi connectivity index (χ3n) is 4.87. The lowest BCUT2D eigenvalue weighted by molar-refractivity contribution is 0.0557. The van der Waals surface area contributed by atoms with Gasteiger partial charge in [0.25, 0.3) is 0 Å². The van der Waals surface area contributed by atoms with Gasteiger partial charge in [0.2, 0.25) is 0 Å². The molecule has 4 atom stereocenters. The molecule has 1 aliphatic heterocycles. The van der Waals surface area contributed by atoms with Gasteiger partial charge in [-0.25, -0.2) is 0 Å². The van der Waals surface area contributed by atoms with Crippen molar-refractivity contribution in [1.29, 1.82) is 0 Å². The Hall–Kier alpha value is -0.0800. The van der Waals surface area contributed by atoms with Crippen molar-refractivity contribution in [2.75, 3.05) is 13.1 Å². The molecule has 0 aromatic carbocycles. The van der Waals surface area contributed by atoms with Crippen molar-refractivity contribution in [2.45, 2.75) is 58.0 Å². The smallest absolute Gasteiger partial charge is 0.0360 e. The normalized spacial score (nSPS) is 47.6.